The van der Waals surface area contributed by atoms with Gasteiger partial charge in [-0.1, -0.05) is 17.3 Å². The van der Waals surface area contributed by atoms with Crippen LogP contribution < -0.4 is 10.1 Å². The van der Waals surface area contributed by atoms with E-state index in [4.69, 9.17) is 9.26 Å². The second-order valence-corrected chi connectivity index (χ2v) is 6.61. The fourth-order valence-corrected chi connectivity index (χ4v) is 3.22. The van der Waals surface area contributed by atoms with Gasteiger partial charge in [-0.2, -0.15) is 0 Å². The maximum atomic E-state index is 5.57. The van der Waals surface area contributed by atoms with Crippen molar-refractivity contribution < 1.29 is 9.26 Å². The fraction of sp³-hybridized carbons (Fsp3) is 0.0435. The topological polar surface area (TPSA) is 86.0 Å². The van der Waals surface area contributed by atoms with Crippen LogP contribution in [-0.4, -0.2) is 27.2 Å². The number of hydrogen-bond acceptors (Lipinski definition) is 7. The minimum atomic E-state index is 0.499. The van der Waals surface area contributed by atoms with Gasteiger partial charge in [0.2, 0.25) is 5.95 Å². The summed E-state index contributed by atoms with van der Waals surface area (Å²) in [6.07, 6.45) is 5.21. The number of fused-ring (bicyclic) bond motifs is 1. The monoisotopic (exact) mass is 395 g/mol. The second-order valence-electron chi connectivity index (χ2n) is 6.61. The third-order valence-electron chi connectivity index (χ3n) is 4.68. The molecule has 0 aliphatic carbocycles. The van der Waals surface area contributed by atoms with E-state index in [9.17, 15) is 0 Å². The largest absolute Gasteiger partial charge is 0.497 e. The van der Waals surface area contributed by atoms with E-state index < -0.39 is 0 Å². The van der Waals surface area contributed by atoms with Gasteiger partial charge in [0.25, 0.3) is 0 Å². The van der Waals surface area contributed by atoms with Crippen molar-refractivity contribution in [3.05, 3.63) is 79.3 Å². The number of aromatic nitrogens is 4. The first kappa shape index (κ1) is 17.8. The van der Waals surface area contributed by atoms with Crippen LogP contribution in [-0.2, 0) is 0 Å². The SMILES string of the molecule is COc1cccc(Nc2nccc(-c3ccc4noc(-c5cccnc5)c4c3)n2)c1. The average Bonchev–Trinajstić information content (AvgIpc) is 3.23. The molecule has 3 aromatic heterocycles. The van der Waals surface area contributed by atoms with Gasteiger partial charge in [-0.3, -0.25) is 4.98 Å². The van der Waals surface area contributed by atoms with Crippen molar-refractivity contribution >= 4 is 22.5 Å². The lowest BCUT2D eigenvalue weighted by atomic mass is 10.1. The summed E-state index contributed by atoms with van der Waals surface area (Å²) in [4.78, 5) is 13.2. The number of methoxy groups -OCH3 is 1. The summed E-state index contributed by atoms with van der Waals surface area (Å²) in [6.45, 7) is 0. The Hall–Kier alpha value is -4.26. The van der Waals surface area contributed by atoms with Gasteiger partial charge in [0.05, 0.1) is 18.2 Å². The first-order valence-electron chi connectivity index (χ1n) is 9.34. The standard InChI is InChI=1S/C23H17N5O2/c1-29-18-6-2-5-17(13-18)26-23-25-11-9-20(27-23)15-7-8-21-19(12-15)22(30-28-21)16-4-3-10-24-14-16/h2-14H,1H3,(H,25,26,27). The van der Waals surface area contributed by atoms with E-state index >= 15 is 0 Å². The van der Waals surface area contributed by atoms with Crippen molar-refractivity contribution in [2.75, 3.05) is 12.4 Å². The van der Waals surface area contributed by atoms with Crippen LogP contribution in [0.1, 0.15) is 0 Å². The van der Waals surface area contributed by atoms with Crippen LogP contribution in [0.15, 0.2) is 83.8 Å². The molecule has 5 aromatic rings. The van der Waals surface area contributed by atoms with Gasteiger partial charge < -0.3 is 14.6 Å². The number of anilines is 2. The molecule has 0 radical (unpaired) electrons. The normalized spacial score (nSPS) is 10.8. The summed E-state index contributed by atoms with van der Waals surface area (Å²) in [5.74, 6) is 1.94. The molecule has 5 rings (SSSR count). The second kappa shape index (κ2) is 7.63. The van der Waals surface area contributed by atoms with E-state index in [2.05, 4.69) is 25.4 Å². The lowest BCUT2D eigenvalue weighted by Crippen LogP contribution is -1.98. The number of benzene rings is 2. The van der Waals surface area contributed by atoms with Crippen molar-refractivity contribution in [3.8, 4) is 28.3 Å². The molecule has 0 saturated heterocycles. The number of pyridine rings is 1. The van der Waals surface area contributed by atoms with Gasteiger partial charge in [0, 0.05) is 41.5 Å². The van der Waals surface area contributed by atoms with E-state index in [-0.39, 0.29) is 0 Å². The molecule has 7 heteroatoms. The zero-order chi connectivity index (χ0) is 20.3. The summed E-state index contributed by atoms with van der Waals surface area (Å²) in [5, 5.41) is 8.28. The number of nitrogens with one attached hydrogen (secondary N) is 1. The van der Waals surface area contributed by atoms with Gasteiger partial charge in [-0.15, -0.1) is 0 Å². The minimum absolute atomic E-state index is 0.499. The van der Waals surface area contributed by atoms with Crippen molar-refractivity contribution in [2.45, 2.75) is 0 Å². The first-order chi connectivity index (χ1) is 14.8. The maximum Gasteiger partial charge on any atom is 0.227 e. The maximum absolute atomic E-state index is 5.57. The molecule has 0 bridgehead atoms. The highest BCUT2D eigenvalue weighted by Crippen LogP contribution is 2.31. The molecular weight excluding hydrogens is 378 g/mol. The smallest absolute Gasteiger partial charge is 0.227 e. The van der Waals surface area contributed by atoms with Crippen molar-refractivity contribution in [1.29, 1.82) is 0 Å². The molecule has 0 amide bonds. The molecular formula is C23H17N5O2. The van der Waals surface area contributed by atoms with E-state index in [1.165, 1.54) is 0 Å². The molecule has 0 unspecified atom stereocenters. The Morgan fingerprint density at radius 3 is 2.77 bits per heavy atom. The summed E-state index contributed by atoms with van der Waals surface area (Å²) in [7, 11) is 1.64. The predicted molar refractivity (Wildman–Crippen MR) is 115 cm³/mol. The molecule has 0 atom stereocenters. The fourth-order valence-electron chi connectivity index (χ4n) is 3.22. The van der Waals surface area contributed by atoms with Crippen LogP contribution in [0.2, 0.25) is 0 Å². The Labute approximate surface area is 172 Å². The highest BCUT2D eigenvalue weighted by Gasteiger charge is 2.13. The molecule has 7 nitrogen and oxygen atoms in total. The number of hydrogen-bond donors (Lipinski definition) is 1. The van der Waals surface area contributed by atoms with Crippen molar-refractivity contribution in [2.24, 2.45) is 0 Å². The average molecular weight is 395 g/mol. The number of nitrogens with zero attached hydrogens (tertiary/aromatic N) is 4. The van der Waals surface area contributed by atoms with E-state index in [1.807, 2.05) is 60.7 Å². The van der Waals surface area contributed by atoms with Crippen LogP contribution in [0.5, 0.6) is 5.75 Å². The molecule has 0 aliphatic heterocycles. The highest BCUT2D eigenvalue weighted by atomic mass is 16.5. The van der Waals surface area contributed by atoms with E-state index in [0.717, 1.165) is 39.2 Å². The molecule has 146 valence electrons. The minimum Gasteiger partial charge on any atom is -0.497 e. The molecule has 0 saturated carbocycles. The van der Waals surface area contributed by atoms with Gasteiger partial charge >= 0.3 is 0 Å². The summed E-state index contributed by atoms with van der Waals surface area (Å²) in [6, 6.07) is 19.2. The molecule has 30 heavy (non-hydrogen) atoms. The lowest BCUT2D eigenvalue weighted by molar-refractivity contribution is 0.415. The van der Waals surface area contributed by atoms with Gasteiger partial charge in [0.15, 0.2) is 5.76 Å². The zero-order valence-corrected chi connectivity index (χ0v) is 16.1. The van der Waals surface area contributed by atoms with E-state index in [1.54, 1.807) is 25.7 Å². The van der Waals surface area contributed by atoms with Gasteiger partial charge in [0.1, 0.15) is 11.3 Å². The quantitative estimate of drug-likeness (QED) is 0.443. The molecule has 0 spiro atoms. The summed E-state index contributed by atoms with van der Waals surface area (Å²) >= 11 is 0. The van der Waals surface area contributed by atoms with Crippen LogP contribution in [0, 0.1) is 0 Å². The third kappa shape index (κ3) is 3.44. The number of ether oxygens (including phenoxy) is 1. The molecule has 1 N–H and O–H groups in total. The first-order valence-corrected chi connectivity index (χ1v) is 9.34. The summed E-state index contributed by atoms with van der Waals surface area (Å²) in [5.41, 5.74) is 4.23. The third-order valence-corrected chi connectivity index (χ3v) is 4.68. The zero-order valence-electron chi connectivity index (χ0n) is 16.1. The Morgan fingerprint density at radius 2 is 1.90 bits per heavy atom. The Kier molecular flexibility index (Phi) is 4.53. The van der Waals surface area contributed by atoms with Crippen LogP contribution in [0.25, 0.3) is 33.5 Å². The van der Waals surface area contributed by atoms with Crippen LogP contribution >= 0.6 is 0 Å². The van der Waals surface area contributed by atoms with Crippen LogP contribution in [0.4, 0.5) is 11.6 Å². The number of rotatable bonds is 5. The van der Waals surface area contributed by atoms with Crippen molar-refractivity contribution in [3.63, 3.8) is 0 Å². The van der Waals surface area contributed by atoms with Crippen molar-refractivity contribution in [1.82, 2.24) is 20.1 Å². The van der Waals surface area contributed by atoms with Crippen LogP contribution in [0.3, 0.4) is 0 Å². The Bertz CT molecular complexity index is 1320. The molecule has 0 fully saturated rings. The molecule has 0 aliphatic rings. The Morgan fingerprint density at radius 1 is 0.933 bits per heavy atom. The van der Waals surface area contributed by atoms with Gasteiger partial charge in [-0.25, -0.2) is 9.97 Å². The predicted octanol–water partition coefficient (Wildman–Crippen LogP) is 5.10. The molecule has 2 aromatic carbocycles. The highest BCUT2D eigenvalue weighted by molar-refractivity contribution is 5.94. The Balaban J connectivity index is 1.50. The van der Waals surface area contributed by atoms with Gasteiger partial charge in [-0.05, 0) is 42.5 Å². The summed E-state index contributed by atoms with van der Waals surface area (Å²) < 4.78 is 10.8. The molecule has 3 heterocycles. The lowest BCUT2D eigenvalue weighted by Gasteiger charge is -2.08. The van der Waals surface area contributed by atoms with E-state index in [0.29, 0.717) is 11.7 Å².